The maximum Gasteiger partial charge on any atom is 0.0162 e. The largest absolute Gasteiger partial charge is 0.250 e. The lowest BCUT2D eigenvalue weighted by Gasteiger charge is -2.34. The molecule has 0 atom stereocenters. The summed E-state index contributed by atoms with van der Waals surface area (Å²) in [6.45, 7) is 6.83. The molecule has 9 heavy (non-hydrogen) atoms. The van der Waals surface area contributed by atoms with Crippen LogP contribution in [-0.2, 0) is 0 Å². The molecule has 2 nitrogen and oxygen atoms in total. The van der Waals surface area contributed by atoms with Gasteiger partial charge in [0.05, 0.1) is 0 Å². The summed E-state index contributed by atoms with van der Waals surface area (Å²) in [5.41, 5.74) is 0.444. The summed E-state index contributed by atoms with van der Waals surface area (Å²) < 4.78 is 5.49. The first-order valence-corrected chi connectivity index (χ1v) is 3.98. The number of nitrogens with one attached hydrogen (secondary N) is 1. The second kappa shape index (κ2) is 2.48. The zero-order valence-corrected chi connectivity index (χ0v) is 7.09. The SMILES string of the molecule is CN1CC(C)(C)CNS1. The van der Waals surface area contributed by atoms with Gasteiger partial charge in [-0.25, -0.2) is 4.31 Å². The summed E-state index contributed by atoms with van der Waals surface area (Å²) in [7, 11) is 2.11. The molecule has 54 valence electrons. The second-order valence-electron chi connectivity index (χ2n) is 3.36. The molecule has 0 aromatic carbocycles. The number of hydrogen-bond acceptors (Lipinski definition) is 3. The van der Waals surface area contributed by atoms with Gasteiger partial charge in [0.25, 0.3) is 0 Å². The summed E-state index contributed by atoms with van der Waals surface area (Å²) in [5, 5.41) is 0. The van der Waals surface area contributed by atoms with Gasteiger partial charge in [0.2, 0.25) is 0 Å². The summed E-state index contributed by atoms with van der Waals surface area (Å²) in [6, 6.07) is 0. The molecule has 1 saturated heterocycles. The van der Waals surface area contributed by atoms with Crippen LogP contribution in [0, 0.1) is 5.41 Å². The molecule has 0 aromatic rings. The van der Waals surface area contributed by atoms with Crippen LogP contribution >= 0.6 is 12.1 Å². The highest BCUT2D eigenvalue weighted by atomic mass is 32.2. The predicted molar refractivity (Wildman–Crippen MR) is 42.0 cm³/mol. The average molecular weight is 146 g/mol. The Kier molecular flexibility index (Phi) is 2.03. The van der Waals surface area contributed by atoms with Crippen molar-refractivity contribution in [3.8, 4) is 0 Å². The van der Waals surface area contributed by atoms with Gasteiger partial charge in [-0.2, -0.15) is 0 Å². The third-order valence-electron chi connectivity index (χ3n) is 1.42. The van der Waals surface area contributed by atoms with Crippen LogP contribution in [-0.4, -0.2) is 24.4 Å². The average Bonchev–Trinajstić information content (AvgIpc) is 1.60. The zero-order valence-electron chi connectivity index (χ0n) is 6.27. The van der Waals surface area contributed by atoms with Crippen molar-refractivity contribution in [3.05, 3.63) is 0 Å². The fraction of sp³-hybridized carbons (Fsp3) is 1.00. The minimum Gasteiger partial charge on any atom is -0.250 e. The molecule has 0 aromatic heterocycles. The smallest absolute Gasteiger partial charge is 0.0162 e. The van der Waals surface area contributed by atoms with Crippen molar-refractivity contribution in [1.29, 1.82) is 0 Å². The van der Waals surface area contributed by atoms with Crippen molar-refractivity contribution in [2.24, 2.45) is 5.41 Å². The van der Waals surface area contributed by atoms with E-state index in [0.717, 1.165) is 6.54 Å². The second-order valence-corrected chi connectivity index (χ2v) is 4.46. The molecule has 0 spiro atoms. The van der Waals surface area contributed by atoms with Crippen LogP contribution in [0.25, 0.3) is 0 Å². The molecular weight excluding hydrogens is 132 g/mol. The van der Waals surface area contributed by atoms with Crippen LogP contribution < -0.4 is 4.72 Å². The highest BCUT2D eigenvalue weighted by molar-refractivity contribution is 7.95. The number of rotatable bonds is 0. The highest BCUT2D eigenvalue weighted by Crippen LogP contribution is 2.23. The van der Waals surface area contributed by atoms with Crippen LogP contribution in [0.5, 0.6) is 0 Å². The molecule has 0 saturated carbocycles. The third-order valence-corrected chi connectivity index (χ3v) is 2.14. The van der Waals surface area contributed by atoms with E-state index in [4.69, 9.17) is 0 Å². The summed E-state index contributed by atoms with van der Waals surface area (Å²) >= 11 is 1.70. The van der Waals surface area contributed by atoms with Crippen LogP contribution in [0.4, 0.5) is 0 Å². The first kappa shape index (κ1) is 7.38. The Hall–Kier alpha value is 0.270. The van der Waals surface area contributed by atoms with E-state index in [1.165, 1.54) is 6.54 Å². The summed E-state index contributed by atoms with van der Waals surface area (Å²) in [4.78, 5) is 0. The molecule has 1 aliphatic heterocycles. The van der Waals surface area contributed by atoms with Gasteiger partial charge in [0, 0.05) is 25.2 Å². The molecule has 0 unspecified atom stereocenters. The minimum absolute atomic E-state index is 0.444. The lowest BCUT2D eigenvalue weighted by molar-refractivity contribution is 0.279. The van der Waals surface area contributed by atoms with Crippen molar-refractivity contribution < 1.29 is 0 Å². The first-order valence-electron chi connectivity index (χ1n) is 3.21. The first-order chi connectivity index (χ1) is 4.10. The molecule has 1 aliphatic rings. The quantitative estimate of drug-likeness (QED) is 0.515. The summed E-state index contributed by atoms with van der Waals surface area (Å²) in [5.74, 6) is 0. The lowest BCUT2D eigenvalue weighted by atomic mass is 9.94. The molecule has 0 bridgehead atoms. The van der Waals surface area contributed by atoms with Gasteiger partial charge in [0.1, 0.15) is 0 Å². The third kappa shape index (κ3) is 2.16. The van der Waals surface area contributed by atoms with Crippen molar-refractivity contribution >= 4 is 12.1 Å². The molecule has 1 fully saturated rings. The van der Waals surface area contributed by atoms with Gasteiger partial charge in [-0.1, -0.05) is 13.8 Å². The van der Waals surface area contributed by atoms with Crippen LogP contribution in [0.3, 0.4) is 0 Å². The molecule has 1 rings (SSSR count). The molecule has 1 heterocycles. The maximum atomic E-state index is 3.27. The van der Waals surface area contributed by atoms with Crippen LogP contribution in [0.15, 0.2) is 0 Å². The van der Waals surface area contributed by atoms with Gasteiger partial charge in [-0.15, -0.1) is 0 Å². The van der Waals surface area contributed by atoms with E-state index in [0.29, 0.717) is 5.41 Å². The molecule has 0 amide bonds. The van der Waals surface area contributed by atoms with Crippen LogP contribution in [0.2, 0.25) is 0 Å². The normalized spacial score (nSPS) is 28.3. The van der Waals surface area contributed by atoms with Gasteiger partial charge in [0.15, 0.2) is 0 Å². The van der Waals surface area contributed by atoms with Crippen molar-refractivity contribution in [3.63, 3.8) is 0 Å². The van der Waals surface area contributed by atoms with Crippen LogP contribution in [0.1, 0.15) is 13.8 Å². The Balaban J connectivity index is 2.41. The zero-order chi connectivity index (χ0) is 6.91. The Morgan fingerprint density at radius 1 is 1.56 bits per heavy atom. The number of hydrogen-bond donors (Lipinski definition) is 1. The van der Waals surface area contributed by atoms with E-state index in [2.05, 4.69) is 29.9 Å². The minimum atomic E-state index is 0.444. The Morgan fingerprint density at radius 2 is 2.22 bits per heavy atom. The monoisotopic (exact) mass is 146 g/mol. The van der Waals surface area contributed by atoms with E-state index in [-0.39, 0.29) is 0 Å². The van der Waals surface area contributed by atoms with E-state index < -0.39 is 0 Å². The molecule has 0 radical (unpaired) electrons. The molecule has 0 aliphatic carbocycles. The Bertz CT molecular complexity index is 103. The van der Waals surface area contributed by atoms with Gasteiger partial charge >= 0.3 is 0 Å². The Labute approximate surface area is 61.3 Å². The highest BCUT2D eigenvalue weighted by Gasteiger charge is 2.24. The fourth-order valence-corrected chi connectivity index (χ4v) is 2.12. The van der Waals surface area contributed by atoms with Crippen molar-refractivity contribution in [2.75, 3.05) is 20.1 Å². The van der Waals surface area contributed by atoms with E-state index in [9.17, 15) is 0 Å². The van der Waals surface area contributed by atoms with Gasteiger partial charge in [-0.3, -0.25) is 4.72 Å². The topological polar surface area (TPSA) is 15.3 Å². The Morgan fingerprint density at radius 3 is 2.56 bits per heavy atom. The summed E-state index contributed by atoms with van der Waals surface area (Å²) in [6.07, 6.45) is 0. The number of nitrogens with zero attached hydrogens (tertiary/aromatic N) is 1. The van der Waals surface area contributed by atoms with Crippen molar-refractivity contribution in [1.82, 2.24) is 9.03 Å². The van der Waals surface area contributed by atoms with Crippen molar-refractivity contribution in [2.45, 2.75) is 13.8 Å². The predicted octanol–water partition coefficient (Wildman–Crippen LogP) is 1.11. The van der Waals surface area contributed by atoms with E-state index in [1.54, 1.807) is 12.1 Å². The van der Waals surface area contributed by atoms with Gasteiger partial charge < -0.3 is 0 Å². The van der Waals surface area contributed by atoms with Gasteiger partial charge in [-0.05, 0) is 12.5 Å². The maximum absolute atomic E-state index is 3.27. The molecule has 1 N–H and O–H groups in total. The molecule has 3 heteroatoms. The lowest BCUT2D eigenvalue weighted by Crippen LogP contribution is -2.41. The fourth-order valence-electron chi connectivity index (χ4n) is 1.03. The standard InChI is InChI=1S/C6H14N2S/c1-6(2)4-7-9-8(3)5-6/h7H,4-5H2,1-3H3. The molecular formula is C6H14N2S. The van der Waals surface area contributed by atoms with E-state index >= 15 is 0 Å². The van der Waals surface area contributed by atoms with E-state index in [1.807, 2.05) is 0 Å².